The zero-order chi connectivity index (χ0) is 45.4. The van der Waals surface area contributed by atoms with Gasteiger partial charge in [0.1, 0.15) is 11.4 Å². The van der Waals surface area contributed by atoms with Gasteiger partial charge in [0.05, 0.1) is 42.6 Å². The lowest BCUT2D eigenvalue weighted by molar-refractivity contribution is -0.127. The number of azo groups is 2. The molecule has 62 heavy (non-hydrogen) atoms. The number of Topliss-reactive ketones (excluding diaryl/α,β-unsaturated/α-hetero) is 2. The average molecular weight is 957 g/mol. The molecular weight excluding hydrogens is 925 g/mol. The lowest BCUT2D eigenvalue weighted by atomic mass is 10.1. The molecule has 20 heteroatoms. The Morgan fingerprint density at radius 2 is 0.855 bits per heavy atom. The number of carbonyl (C=O) groups excluding carboxylic acids is 6. The molecule has 0 aliphatic heterocycles. The van der Waals surface area contributed by atoms with Crippen LogP contribution in [0.15, 0.2) is 105 Å². The molecule has 0 fully saturated rings. The van der Waals surface area contributed by atoms with Crippen LogP contribution < -0.4 is 21.3 Å². The Bertz CT molecular complexity index is 2530. The van der Waals surface area contributed by atoms with E-state index in [2.05, 4.69) is 41.7 Å². The Morgan fingerprint density at radius 1 is 0.484 bits per heavy atom. The highest BCUT2D eigenvalue weighted by molar-refractivity contribution is 6.39. The molecule has 0 radical (unpaired) electrons. The van der Waals surface area contributed by atoms with Crippen LogP contribution in [-0.4, -0.2) is 47.3 Å². The van der Waals surface area contributed by atoms with Gasteiger partial charge in [-0.1, -0.05) is 81.7 Å². The van der Waals surface area contributed by atoms with E-state index in [1.165, 1.54) is 60.7 Å². The first-order chi connectivity index (χ1) is 29.3. The van der Waals surface area contributed by atoms with Crippen LogP contribution in [0.4, 0.5) is 34.1 Å². The van der Waals surface area contributed by atoms with E-state index < -0.39 is 47.3 Å². The van der Waals surface area contributed by atoms with E-state index in [9.17, 15) is 28.8 Å². The van der Waals surface area contributed by atoms with Crippen molar-refractivity contribution in [3.8, 4) is 0 Å². The summed E-state index contributed by atoms with van der Waals surface area (Å²) in [6, 6.07) is 17.7. The number of ketones is 2. The van der Waals surface area contributed by atoms with Gasteiger partial charge < -0.3 is 21.3 Å². The fraction of sp³-hybridized carbons (Fsp3) is 0.143. The monoisotopic (exact) mass is 954 g/mol. The van der Waals surface area contributed by atoms with Crippen LogP contribution in [0.3, 0.4) is 0 Å². The van der Waals surface area contributed by atoms with Gasteiger partial charge in [0.2, 0.25) is 12.1 Å². The first kappa shape index (κ1) is 47.3. The van der Waals surface area contributed by atoms with Crippen LogP contribution in [0.2, 0.25) is 30.1 Å². The number of amides is 4. The topological polar surface area (TPSA) is 200 Å². The highest BCUT2D eigenvalue weighted by Crippen LogP contribution is 2.34. The van der Waals surface area contributed by atoms with Gasteiger partial charge in [-0.05, 0) is 112 Å². The smallest absolute Gasteiger partial charge is 0.258 e. The Morgan fingerprint density at radius 3 is 1.19 bits per heavy atom. The number of benzene rings is 5. The zero-order valence-electron chi connectivity index (χ0n) is 32.7. The molecule has 0 aliphatic rings. The molecule has 0 spiro atoms. The van der Waals surface area contributed by atoms with E-state index in [1.54, 1.807) is 38.1 Å². The minimum atomic E-state index is -1.61. The van der Waals surface area contributed by atoms with Crippen molar-refractivity contribution in [3.63, 3.8) is 0 Å². The second kappa shape index (κ2) is 20.9. The third-order valence-electron chi connectivity index (χ3n) is 8.72. The van der Waals surface area contributed by atoms with Gasteiger partial charge in [-0.2, -0.15) is 20.5 Å². The van der Waals surface area contributed by atoms with E-state index >= 15 is 0 Å². The molecule has 0 aromatic heterocycles. The van der Waals surface area contributed by atoms with Gasteiger partial charge in [0.15, 0.2) is 11.6 Å². The Kier molecular flexibility index (Phi) is 15.9. The molecule has 2 atom stereocenters. The number of nitrogens with one attached hydrogen (secondary N) is 4. The lowest BCUT2D eigenvalue weighted by Gasteiger charge is -2.16. The number of anilines is 4. The molecule has 318 valence electrons. The maximum absolute atomic E-state index is 13.4. The second-order valence-electron chi connectivity index (χ2n) is 13.4. The molecule has 0 saturated heterocycles. The zero-order valence-corrected chi connectivity index (χ0v) is 37.3. The van der Waals surface area contributed by atoms with Crippen LogP contribution in [0, 0.1) is 13.8 Å². The Balaban J connectivity index is 1.27. The van der Waals surface area contributed by atoms with E-state index in [-0.39, 0.29) is 65.3 Å². The molecule has 14 nitrogen and oxygen atoms in total. The van der Waals surface area contributed by atoms with Crippen molar-refractivity contribution in [2.24, 2.45) is 20.5 Å². The maximum Gasteiger partial charge on any atom is 0.258 e. The predicted octanol–water partition coefficient (Wildman–Crippen LogP) is 12.1. The number of hydrogen-bond donors (Lipinski definition) is 4. The van der Waals surface area contributed by atoms with Gasteiger partial charge >= 0.3 is 0 Å². The summed E-state index contributed by atoms with van der Waals surface area (Å²) >= 11 is 37.2. The number of carbonyl (C=O) groups is 6. The van der Waals surface area contributed by atoms with Crippen molar-refractivity contribution in [2.75, 3.05) is 21.3 Å². The third-order valence-corrected chi connectivity index (χ3v) is 10.6. The first-order valence-corrected chi connectivity index (χ1v) is 20.3. The first-order valence-electron chi connectivity index (χ1n) is 18.0. The molecule has 5 aromatic rings. The Hall–Kier alpha value is -5.74. The summed E-state index contributed by atoms with van der Waals surface area (Å²) in [5, 5.41) is 27.5. The summed E-state index contributed by atoms with van der Waals surface area (Å²) in [5.41, 5.74) is 2.13. The molecule has 0 heterocycles. The SMILES string of the molecule is CC(=O)C(N=Nc1cccc(C(=O)Nc2ccc(Cl)cc2Cl)c1Cl)C(=O)Nc1cc(C)c(NC(=O)C(N=Nc2cccc(C(=O)Nc3ccc(Cl)cc3Cl)c2Cl)C(C)=O)cc1C. The van der Waals surface area contributed by atoms with Gasteiger partial charge in [-0.15, -0.1) is 0 Å². The number of rotatable bonds is 14. The summed E-state index contributed by atoms with van der Waals surface area (Å²) in [4.78, 5) is 78.0. The van der Waals surface area contributed by atoms with Crippen molar-refractivity contribution in [2.45, 2.75) is 39.8 Å². The van der Waals surface area contributed by atoms with Crippen molar-refractivity contribution in [1.29, 1.82) is 0 Å². The fourth-order valence-electron chi connectivity index (χ4n) is 5.47. The number of halogens is 6. The summed E-state index contributed by atoms with van der Waals surface area (Å²) in [5.74, 6) is -4.16. The number of aryl methyl sites for hydroxylation is 2. The largest absolute Gasteiger partial charge is 0.324 e. The standard InChI is InChI=1S/C42H32Cl6N8O6/c1-19-15-34(52-42(62)38(22(4)58)56-54-32-10-6-8-26(36(32)48)40(60)50-30-14-12-24(44)18-28(30)46)20(2)16-33(19)51-41(61)37(21(3)57)55-53-31-9-5-7-25(35(31)47)39(59)49-29-13-11-23(43)17-27(29)45/h5-18,37-38H,1-4H3,(H,49,59)(H,50,60)(H,51,61)(H,52,62). The molecule has 4 amide bonds. The van der Waals surface area contributed by atoms with Crippen molar-refractivity contribution < 1.29 is 28.8 Å². The van der Waals surface area contributed by atoms with Gasteiger partial charge in [-0.3, -0.25) is 28.8 Å². The summed E-state index contributed by atoms with van der Waals surface area (Å²) in [7, 11) is 0. The van der Waals surface area contributed by atoms with Crippen LogP contribution in [0.5, 0.6) is 0 Å². The minimum Gasteiger partial charge on any atom is -0.324 e. The van der Waals surface area contributed by atoms with E-state index in [0.29, 0.717) is 21.2 Å². The predicted molar refractivity (Wildman–Crippen MR) is 243 cm³/mol. The lowest BCUT2D eigenvalue weighted by Crippen LogP contribution is -2.32. The molecule has 2 unspecified atom stereocenters. The van der Waals surface area contributed by atoms with E-state index in [1.807, 2.05) is 0 Å². The second-order valence-corrected chi connectivity index (χ2v) is 15.8. The molecular formula is C42H32Cl6N8O6. The summed E-state index contributed by atoms with van der Waals surface area (Å²) in [6.45, 7) is 5.59. The van der Waals surface area contributed by atoms with Gasteiger partial charge in [0, 0.05) is 21.4 Å². The van der Waals surface area contributed by atoms with Crippen molar-refractivity contribution in [1.82, 2.24) is 0 Å². The molecule has 5 rings (SSSR count). The van der Waals surface area contributed by atoms with Crippen molar-refractivity contribution >= 4 is 139 Å². The molecule has 0 aliphatic carbocycles. The van der Waals surface area contributed by atoms with Crippen molar-refractivity contribution in [3.05, 3.63) is 137 Å². The maximum atomic E-state index is 13.4. The van der Waals surface area contributed by atoms with Crippen LogP contribution in [0.25, 0.3) is 0 Å². The molecule has 0 bridgehead atoms. The number of hydrogen-bond acceptors (Lipinski definition) is 10. The third kappa shape index (κ3) is 11.8. The average Bonchev–Trinajstić information content (AvgIpc) is 3.19. The van der Waals surface area contributed by atoms with E-state index in [4.69, 9.17) is 69.6 Å². The summed E-state index contributed by atoms with van der Waals surface area (Å²) in [6.07, 6.45) is 0. The van der Waals surface area contributed by atoms with E-state index in [0.717, 1.165) is 13.8 Å². The molecule has 4 N–H and O–H groups in total. The summed E-state index contributed by atoms with van der Waals surface area (Å²) < 4.78 is 0. The van der Waals surface area contributed by atoms with Gasteiger partial charge in [0.25, 0.3) is 23.6 Å². The van der Waals surface area contributed by atoms with Crippen LogP contribution >= 0.6 is 69.6 Å². The van der Waals surface area contributed by atoms with Crippen LogP contribution in [-0.2, 0) is 19.2 Å². The highest BCUT2D eigenvalue weighted by Gasteiger charge is 2.27. The Labute approximate surface area is 384 Å². The normalized spacial score (nSPS) is 12.2. The quantitative estimate of drug-likeness (QED) is 0.0630. The van der Waals surface area contributed by atoms with Gasteiger partial charge in [-0.25, -0.2) is 0 Å². The molecule has 0 saturated carbocycles. The molecule has 5 aromatic carbocycles. The van der Waals surface area contributed by atoms with Crippen LogP contribution in [0.1, 0.15) is 45.7 Å². The fourth-order valence-corrected chi connectivity index (χ4v) is 6.88. The number of nitrogens with zero attached hydrogens (tertiary/aromatic N) is 4. The minimum absolute atomic E-state index is 0.0103. The highest BCUT2D eigenvalue weighted by atomic mass is 35.5.